The molecule has 0 spiro atoms. The topological polar surface area (TPSA) is 35.5 Å². The van der Waals surface area contributed by atoms with Gasteiger partial charge in [0.15, 0.2) is 0 Å². The third-order valence-corrected chi connectivity index (χ3v) is 5.77. The largest absolute Gasteiger partial charge is 0.338 e. The first-order valence-electron chi connectivity index (χ1n) is 10.00. The Kier molecular flexibility index (Phi) is 9.44. The molecule has 0 atom stereocenters. The number of piperazine rings is 1. The monoisotopic (exact) mass is 457 g/mol. The van der Waals surface area contributed by atoms with Crippen molar-refractivity contribution in [2.45, 2.75) is 32.9 Å². The minimum absolute atomic E-state index is 0. The van der Waals surface area contributed by atoms with Gasteiger partial charge in [-0.3, -0.25) is 9.80 Å². The summed E-state index contributed by atoms with van der Waals surface area (Å²) in [4.78, 5) is 16.9. The lowest BCUT2D eigenvalue weighted by molar-refractivity contribution is 0.242. The van der Waals surface area contributed by atoms with Crippen LogP contribution in [0, 0.1) is 0 Å². The first kappa shape index (κ1) is 24.2. The Bertz CT molecular complexity index is 763. The van der Waals surface area contributed by atoms with Crippen LogP contribution in [-0.4, -0.2) is 59.0 Å². The number of halogens is 3. The van der Waals surface area contributed by atoms with E-state index in [9.17, 15) is 0 Å². The van der Waals surface area contributed by atoms with Gasteiger partial charge in [0.05, 0.1) is 5.69 Å². The van der Waals surface area contributed by atoms with E-state index in [-0.39, 0.29) is 24.8 Å². The number of aromatic nitrogens is 2. The van der Waals surface area contributed by atoms with Crippen molar-refractivity contribution in [1.29, 1.82) is 0 Å². The van der Waals surface area contributed by atoms with E-state index in [0.717, 1.165) is 63.2 Å². The molecule has 5 nitrogen and oxygen atoms in total. The molecular weight excluding hydrogens is 429 g/mol. The van der Waals surface area contributed by atoms with E-state index in [0.29, 0.717) is 0 Å². The molecule has 160 valence electrons. The average Bonchev–Trinajstić information content (AvgIpc) is 2.70. The molecule has 0 bridgehead atoms. The van der Waals surface area contributed by atoms with Gasteiger partial charge in [-0.1, -0.05) is 30.7 Å². The number of nitrogens with zero attached hydrogens (tertiary/aromatic N) is 5. The maximum absolute atomic E-state index is 5.99. The Hall–Kier alpha value is -1.11. The number of hydrogen-bond donors (Lipinski definition) is 0. The molecule has 1 fully saturated rings. The van der Waals surface area contributed by atoms with E-state index in [1.807, 2.05) is 18.3 Å². The second-order valence-electron chi connectivity index (χ2n) is 7.56. The van der Waals surface area contributed by atoms with E-state index in [1.165, 1.54) is 29.8 Å². The first-order valence-corrected chi connectivity index (χ1v) is 10.4. The SMILES string of the molecule is CCCN1CCN(c2ncc3c(n2)CCN(Cc2ccc(Cl)cc2)C3)CC1.Cl.Cl. The molecule has 4 rings (SSSR count). The van der Waals surface area contributed by atoms with E-state index in [4.69, 9.17) is 21.6 Å². The van der Waals surface area contributed by atoms with Gasteiger partial charge >= 0.3 is 0 Å². The second-order valence-corrected chi connectivity index (χ2v) is 7.99. The van der Waals surface area contributed by atoms with Gasteiger partial charge in [-0.15, -0.1) is 24.8 Å². The summed E-state index contributed by atoms with van der Waals surface area (Å²) in [5.74, 6) is 0.913. The van der Waals surface area contributed by atoms with Crippen LogP contribution in [0.5, 0.6) is 0 Å². The van der Waals surface area contributed by atoms with E-state index < -0.39 is 0 Å². The van der Waals surface area contributed by atoms with Crippen molar-refractivity contribution >= 4 is 42.4 Å². The lowest BCUT2D eigenvalue weighted by atomic mass is 10.1. The summed E-state index contributed by atoms with van der Waals surface area (Å²) in [5, 5.41) is 0.791. The van der Waals surface area contributed by atoms with Crippen molar-refractivity contribution in [2.24, 2.45) is 0 Å². The number of rotatable bonds is 5. The zero-order chi connectivity index (χ0) is 18.6. The minimum atomic E-state index is 0. The third kappa shape index (κ3) is 6.19. The lowest BCUT2D eigenvalue weighted by Gasteiger charge is -2.35. The van der Waals surface area contributed by atoms with E-state index in [2.05, 4.69) is 33.8 Å². The van der Waals surface area contributed by atoms with Gasteiger partial charge in [0.1, 0.15) is 0 Å². The Morgan fingerprint density at radius 1 is 0.966 bits per heavy atom. The smallest absolute Gasteiger partial charge is 0.225 e. The van der Waals surface area contributed by atoms with Crippen molar-refractivity contribution in [3.8, 4) is 0 Å². The minimum Gasteiger partial charge on any atom is -0.338 e. The summed E-state index contributed by atoms with van der Waals surface area (Å²) in [6, 6.07) is 8.14. The van der Waals surface area contributed by atoms with Crippen molar-refractivity contribution in [1.82, 2.24) is 19.8 Å². The fourth-order valence-corrected chi connectivity index (χ4v) is 4.11. The Labute approximate surface area is 191 Å². The summed E-state index contributed by atoms with van der Waals surface area (Å²) in [6.45, 7) is 10.6. The number of anilines is 1. The van der Waals surface area contributed by atoms with Crippen molar-refractivity contribution in [3.63, 3.8) is 0 Å². The molecule has 1 saturated heterocycles. The van der Waals surface area contributed by atoms with Gasteiger partial charge in [0.25, 0.3) is 0 Å². The zero-order valence-corrected chi connectivity index (χ0v) is 19.3. The van der Waals surface area contributed by atoms with Crippen LogP contribution in [0.4, 0.5) is 5.95 Å². The van der Waals surface area contributed by atoms with Gasteiger partial charge in [-0.25, -0.2) is 9.97 Å². The van der Waals surface area contributed by atoms with Crippen LogP contribution in [0.15, 0.2) is 30.5 Å². The van der Waals surface area contributed by atoms with Crippen molar-refractivity contribution in [3.05, 3.63) is 52.3 Å². The second kappa shape index (κ2) is 11.3. The van der Waals surface area contributed by atoms with Crippen LogP contribution in [0.3, 0.4) is 0 Å². The highest BCUT2D eigenvalue weighted by Crippen LogP contribution is 2.22. The van der Waals surface area contributed by atoms with E-state index >= 15 is 0 Å². The predicted molar refractivity (Wildman–Crippen MR) is 125 cm³/mol. The van der Waals surface area contributed by atoms with Crippen LogP contribution in [0.25, 0.3) is 0 Å². The van der Waals surface area contributed by atoms with Crippen LogP contribution in [0.2, 0.25) is 5.02 Å². The molecule has 2 aromatic rings. The molecule has 0 unspecified atom stereocenters. The molecular formula is C21H30Cl3N5. The predicted octanol–water partition coefficient (Wildman–Crippen LogP) is 4.06. The standard InChI is InChI=1S/C21H28ClN5.2ClH/c1-2-8-25-10-12-27(13-11-25)21-23-14-18-16-26(9-7-20(18)24-21)15-17-3-5-19(22)6-4-17;;/h3-6,14H,2,7-13,15-16H2,1H3;2*1H. The summed E-state index contributed by atoms with van der Waals surface area (Å²) < 4.78 is 0. The van der Waals surface area contributed by atoms with Crippen LogP contribution < -0.4 is 4.90 Å². The Morgan fingerprint density at radius 2 is 1.69 bits per heavy atom. The average molecular weight is 459 g/mol. The Morgan fingerprint density at radius 3 is 2.38 bits per heavy atom. The summed E-state index contributed by atoms with van der Waals surface area (Å²) >= 11 is 5.99. The number of hydrogen-bond acceptors (Lipinski definition) is 5. The molecule has 1 aromatic carbocycles. The van der Waals surface area contributed by atoms with Crippen molar-refractivity contribution in [2.75, 3.05) is 44.2 Å². The number of benzene rings is 1. The summed E-state index contributed by atoms with van der Waals surface area (Å²) in [7, 11) is 0. The molecule has 3 heterocycles. The molecule has 2 aliphatic rings. The maximum atomic E-state index is 5.99. The van der Waals surface area contributed by atoms with Crippen LogP contribution in [-0.2, 0) is 19.5 Å². The highest BCUT2D eigenvalue weighted by atomic mass is 35.5. The van der Waals surface area contributed by atoms with Crippen LogP contribution in [0.1, 0.15) is 30.2 Å². The molecule has 0 saturated carbocycles. The highest BCUT2D eigenvalue weighted by molar-refractivity contribution is 6.30. The zero-order valence-electron chi connectivity index (χ0n) is 16.9. The summed E-state index contributed by atoms with van der Waals surface area (Å²) in [6.07, 6.45) is 4.26. The fourth-order valence-electron chi connectivity index (χ4n) is 3.99. The molecule has 0 radical (unpaired) electrons. The molecule has 29 heavy (non-hydrogen) atoms. The highest BCUT2D eigenvalue weighted by Gasteiger charge is 2.22. The Balaban J connectivity index is 0.00000150. The van der Waals surface area contributed by atoms with E-state index in [1.54, 1.807) is 0 Å². The third-order valence-electron chi connectivity index (χ3n) is 5.51. The number of fused-ring (bicyclic) bond motifs is 1. The summed E-state index contributed by atoms with van der Waals surface area (Å²) in [5.41, 5.74) is 3.79. The molecule has 2 aliphatic heterocycles. The van der Waals surface area contributed by atoms with Gasteiger partial charge in [0.2, 0.25) is 5.95 Å². The van der Waals surface area contributed by atoms with Gasteiger partial charge in [0, 0.05) is 69.0 Å². The first-order chi connectivity index (χ1) is 13.2. The van der Waals surface area contributed by atoms with Gasteiger partial charge in [-0.05, 0) is 30.7 Å². The molecule has 0 amide bonds. The van der Waals surface area contributed by atoms with Crippen LogP contribution >= 0.6 is 36.4 Å². The molecule has 1 aromatic heterocycles. The van der Waals surface area contributed by atoms with Gasteiger partial charge in [-0.2, -0.15) is 0 Å². The quantitative estimate of drug-likeness (QED) is 0.675. The fraction of sp³-hybridized carbons (Fsp3) is 0.524. The lowest BCUT2D eigenvalue weighted by Crippen LogP contribution is -2.47. The normalized spacial score (nSPS) is 17.2. The molecule has 0 N–H and O–H groups in total. The maximum Gasteiger partial charge on any atom is 0.225 e. The van der Waals surface area contributed by atoms with Crippen molar-refractivity contribution < 1.29 is 0 Å². The van der Waals surface area contributed by atoms with Gasteiger partial charge < -0.3 is 4.90 Å². The molecule has 8 heteroatoms. The molecule has 0 aliphatic carbocycles.